The minimum Gasteiger partial charge on any atom is -0.497 e. The molecule has 0 N–H and O–H groups in total. The number of rotatable bonds is 12. The number of benzene rings is 4. The Balaban J connectivity index is 1.52. The van der Waals surface area contributed by atoms with E-state index < -0.39 is 0 Å². The van der Waals surface area contributed by atoms with Crippen LogP contribution in [0.15, 0.2) is 100 Å². The summed E-state index contributed by atoms with van der Waals surface area (Å²) >= 11 is 0. The topological polar surface area (TPSA) is 70.4 Å². The summed E-state index contributed by atoms with van der Waals surface area (Å²) in [6, 6.07) is 29.1. The number of nitrogens with zero attached hydrogens (tertiary/aromatic N) is 1. The number of hydrogen-bond donors (Lipinski definition) is 0. The number of ether oxygens (including phenoxy) is 4. The van der Waals surface area contributed by atoms with Crippen molar-refractivity contribution in [1.82, 2.24) is 4.90 Å². The molecule has 0 aliphatic carbocycles. The number of hydrogen-bond acceptors (Lipinski definition) is 7. The summed E-state index contributed by atoms with van der Waals surface area (Å²) in [5, 5.41) is 0.529. The van der Waals surface area contributed by atoms with Gasteiger partial charge in [0.05, 0.1) is 32.3 Å². The summed E-state index contributed by atoms with van der Waals surface area (Å²) in [5.74, 6) is 3.62. The van der Waals surface area contributed by atoms with Crippen molar-refractivity contribution in [2.24, 2.45) is 0 Å². The predicted octanol–water partition coefficient (Wildman–Crippen LogP) is 6.91. The minimum atomic E-state index is -0.0754. The van der Waals surface area contributed by atoms with Crippen LogP contribution in [0.2, 0.25) is 0 Å². The third-order valence-corrected chi connectivity index (χ3v) is 7.15. The van der Waals surface area contributed by atoms with Gasteiger partial charge in [0.15, 0.2) is 5.43 Å². The lowest BCUT2D eigenvalue weighted by Gasteiger charge is -2.25. The van der Waals surface area contributed by atoms with Gasteiger partial charge in [-0.15, -0.1) is 0 Å². The van der Waals surface area contributed by atoms with Gasteiger partial charge in [-0.1, -0.05) is 36.4 Å². The zero-order chi connectivity index (χ0) is 29.5. The van der Waals surface area contributed by atoms with E-state index in [4.69, 9.17) is 23.4 Å². The highest BCUT2D eigenvalue weighted by Gasteiger charge is 2.19. The van der Waals surface area contributed by atoms with Crippen molar-refractivity contribution in [3.63, 3.8) is 0 Å². The van der Waals surface area contributed by atoms with Crippen molar-refractivity contribution in [2.75, 3.05) is 21.3 Å². The molecule has 0 fully saturated rings. The van der Waals surface area contributed by atoms with Crippen LogP contribution in [0.3, 0.4) is 0 Å². The highest BCUT2D eigenvalue weighted by atomic mass is 16.5. The summed E-state index contributed by atoms with van der Waals surface area (Å²) in [7, 11) is 4.97. The second-order valence-electron chi connectivity index (χ2n) is 10.1. The first-order chi connectivity index (χ1) is 20.4. The lowest BCUT2D eigenvalue weighted by molar-refractivity contribution is 0.237. The second-order valence-corrected chi connectivity index (χ2v) is 10.1. The molecule has 0 atom stereocenters. The molecular weight excluding hydrogens is 530 g/mol. The molecule has 0 saturated heterocycles. The van der Waals surface area contributed by atoms with E-state index in [9.17, 15) is 4.79 Å². The maximum atomic E-state index is 12.9. The molecule has 0 aliphatic heterocycles. The predicted molar refractivity (Wildman–Crippen MR) is 163 cm³/mol. The van der Waals surface area contributed by atoms with Crippen molar-refractivity contribution in [3.8, 4) is 23.0 Å². The van der Waals surface area contributed by atoms with E-state index in [1.165, 1.54) is 6.07 Å². The molecule has 5 rings (SSSR count). The van der Waals surface area contributed by atoms with E-state index in [0.717, 1.165) is 39.5 Å². The number of aryl methyl sites for hydroxylation is 1. The van der Waals surface area contributed by atoms with Gasteiger partial charge in [-0.05, 0) is 72.1 Å². The van der Waals surface area contributed by atoms with Crippen molar-refractivity contribution < 1.29 is 23.4 Å². The molecule has 0 saturated carbocycles. The number of methoxy groups -OCH3 is 3. The van der Waals surface area contributed by atoms with Crippen LogP contribution in [-0.2, 0) is 26.2 Å². The monoisotopic (exact) mass is 565 g/mol. The Bertz CT molecular complexity index is 1630. The second kappa shape index (κ2) is 13.3. The Morgan fingerprint density at radius 3 is 1.64 bits per heavy atom. The van der Waals surface area contributed by atoms with Gasteiger partial charge in [0.2, 0.25) is 0 Å². The van der Waals surface area contributed by atoms with Gasteiger partial charge in [-0.25, -0.2) is 0 Å². The Kier molecular flexibility index (Phi) is 9.09. The standard InChI is InChI=1S/C35H35NO6/c1-24-19-33(37)31-17-18-34(41-23-27-9-15-30(40-4)16-10-27)32(35(31)42-24)22-36(20-25-5-11-28(38-2)12-6-25)21-26-7-13-29(39-3)14-8-26/h5-19H,20-23H2,1-4H3. The minimum absolute atomic E-state index is 0.0754. The quantitative estimate of drug-likeness (QED) is 0.163. The van der Waals surface area contributed by atoms with Crippen LogP contribution in [-0.4, -0.2) is 26.2 Å². The average Bonchev–Trinajstić information content (AvgIpc) is 3.01. The van der Waals surface area contributed by atoms with Gasteiger partial charge in [-0.3, -0.25) is 9.69 Å². The molecule has 4 aromatic carbocycles. The average molecular weight is 566 g/mol. The third-order valence-electron chi connectivity index (χ3n) is 7.15. The van der Waals surface area contributed by atoms with Gasteiger partial charge in [0, 0.05) is 25.7 Å². The third kappa shape index (κ3) is 6.93. The van der Waals surface area contributed by atoms with E-state index in [2.05, 4.69) is 29.2 Å². The Labute approximate surface area is 245 Å². The number of fused-ring (bicyclic) bond motifs is 1. The van der Waals surface area contributed by atoms with Crippen molar-refractivity contribution in [3.05, 3.63) is 129 Å². The lowest BCUT2D eigenvalue weighted by atomic mass is 10.1. The highest BCUT2D eigenvalue weighted by molar-refractivity contribution is 5.82. The first-order valence-corrected chi connectivity index (χ1v) is 13.8. The molecular formula is C35H35NO6. The normalized spacial score (nSPS) is 11.1. The van der Waals surface area contributed by atoms with Crippen LogP contribution in [0.1, 0.15) is 28.0 Å². The van der Waals surface area contributed by atoms with Crippen LogP contribution in [0.4, 0.5) is 0 Å². The molecule has 42 heavy (non-hydrogen) atoms. The zero-order valence-electron chi connectivity index (χ0n) is 24.4. The molecule has 1 aromatic heterocycles. The van der Waals surface area contributed by atoms with Crippen molar-refractivity contribution >= 4 is 11.0 Å². The van der Waals surface area contributed by atoms with Crippen LogP contribution in [0.5, 0.6) is 23.0 Å². The lowest BCUT2D eigenvalue weighted by Crippen LogP contribution is -2.23. The van der Waals surface area contributed by atoms with Crippen LogP contribution < -0.4 is 24.4 Å². The van der Waals surface area contributed by atoms with E-state index in [1.807, 2.05) is 54.6 Å². The summed E-state index contributed by atoms with van der Waals surface area (Å²) in [5.41, 5.74) is 4.55. The van der Waals surface area contributed by atoms with E-state index in [1.54, 1.807) is 34.3 Å². The Hall–Kier alpha value is -4.75. The summed E-state index contributed by atoms with van der Waals surface area (Å²) < 4.78 is 28.6. The smallest absolute Gasteiger partial charge is 0.192 e. The van der Waals surface area contributed by atoms with Crippen LogP contribution in [0.25, 0.3) is 11.0 Å². The Morgan fingerprint density at radius 2 is 1.14 bits per heavy atom. The first kappa shape index (κ1) is 28.8. The largest absolute Gasteiger partial charge is 0.497 e. The fourth-order valence-corrected chi connectivity index (χ4v) is 4.91. The molecule has 5 aromatic rings. The molecule has 0 amide bonds. The van der Waals surface area contributed by atoms with E-state index in [-0.39, 0.29) is 5.43 Å². The maximum Gasteiger partial charge on any atom is 0.192 e. The van der Waals surface area contributed by atoms with E-state index in [0.29, 0.717) is 48.7 Å². The summed E-state index contributed by atoms with van der Waals surface area (Å²) in [6.45, 7) is 3.94. The molecule has 7 heteroatoms. The summed E-state index contributed by atoms with van der Waals surface area (Å²) in [6.07, 6.45) is 0. The van der Waals surface area contributed by atoms with Gasteiger partial charge in [0.1, 0.15) is 40.9 Å². The first-order valence-electron chi connectivity index (χ1n) is 13.8. The molecule has 216 valence electrons. The van der Waals surface area contributed by atoms with Crippen LogP contribution >= 0.6 is 0 Å². The fourth-order valence-electron chi connectivity index (χ4n) is 4.91. The van der Waals surface area contributed by atoms with Crippen LogP contribution in [0, 0.1) is 6.92 Å². The van der Waals surface area contributed by atoms with Crippen molar-refractivity contribution in [1.29, 1.82) is 0 Å². The van der Waals surface area contributed by atoms with Gasteiger partial charge in [0.25, 0.3) is 0 Å². The molecule has 0 radical (unpaired) electrons. The van der Waals surface area contributed by atoms with Gasteiger partial charge in [-0.2, -0.15) is 0 Å². The Morgan fingerprint density at radius 1 is 0.643 bits per heavy atom. The van der Waals surface area contributed by atoms with Gasteiger partial charge < -0.3 is 23.4 Å². The molecule has 7 nitrogen and oxygen atoms in total. The molecule has 0 bridgehead atoms. The maximum absolute atomic E-state index is 12.9. The fraction of sp³-hybridized carbons (Fsp3) is 0.229. The zero-order valence-corrected chi connectivity index (χ0v) is 24.4. The molecule has 0 spiro atoms. The van der Waals surface area contributed by atoms with E-state index >= 15 is 0 Å². The molecule has 0 aliphatic rings. The highest BCUT2D eigenvalue weighted by Crippen LogP contribution is 2.31. The van der Waals surface area contributed by atoms with Gasteiger partial charge >= 0.3 is 0 Å². The summed E-state index contributed by atoms with van der Waals surface area (Å²) in [4.78, 5) is 15.2. The SMILES string of the molecule is COc1ccc(COc2ccc3c(=O)cc(C)oc3c2CN(Cc2ccc(OC)cc2)Cc2ccc(OC)cc2)cc1. The van der Waals surface area contributed by atoms with Crippen molar-refractivity contribution in [2.45, 2.75) is 33.2 Å². The molecule has 1 heterocycles. The molecule has 0 unspecified atom stereocenters.